The Balaban J connectivity index is 1.81. The second kappa shape index (κ2) is 9.71. The lowest BCUT2D eigenvalue weighted by molar-refractivity contribution is 0.0818. The lowest BCUT2D eigenvalue weighted by Crippen LogP contribution is -2.42. The summed E-state index contributed by atoms with van der Waals surface area (Å²) in [6.45, 7) is -0.0252. The molecule has 2 atom stereocenters. The molecular weight excluding hydrogens is 332 g/mol. The zero-order valence-electron chi connectivity index (χ0n) is 14.1. The zero-order valence-corrected chi connectivity index (χ0v) is 14.9. The van der Waals surface area contributed by atoms with E-state index in [-0.39, 0.29) is 0 Å². The molecule has 0 amide bonds. The number of rotatable bonds is 7. The Morgan fingerprint density at radius 2 is 2.25 bits per heavy atom. The molecule has 24 heavy (non-hydrogen) atoms. The Labute approximate surface area is 146 Å². The Morgan fingerprint density at radius 1 is 1.42 bits per heavy atom. The van der Waals surface area contributed by atoms with E-state index in [2.05, 4.69) is 21.9 Å². The molecule has 2 unspecified atom stereocenters. The van der Waals surface area contributed by atoms with Crippen LogP contribution in [-0.2, 0) is 6.54 Å². The first kappa shape index (κ1) is 18.8. The number of nitrogens with zero attached hydrogens (tertiary/aromatic N) is 1. The molecule has 134 valence electrons. The molecule has 2 N–H and O–H groups in total. The number of nitrogens with one attached hydrogen (secondary N) is 2. The van der Waals surface area contributed by atoms with Crippen molar-refractivity contribution in [3.63, 3.8) is 0 Å². The average molecular weight is 357 g/mol. The summed E-state index contributed by atoms with van der Waals surface area (Å²) in [5.74, 6) is 1.22. The monoisotopic (exact) mass is 357 g/mol. The van der Waals surface area contributed by atoms with Crippen LogP contribution in [-0.4, -0.2) is 43.6 Å². The van der Waals surface area contributed by atoms with Crippen molar-refractivity contribution in [3.05, 3.63) is 29.8 Å². The standard InChI is InChI=1S/C17H25F2N3OS/c1-20-17(22-13-6-7-15(9-13)24-2)21-10-12-4-3-5-14(8-12)23-11-16(18)19/h3-5,8,13,15-16H,6-7,9-11H2,1-2H3,(H2,20,21,22). The predicted molar refractivity (Wildman–Crippen MR) is 96.2 cm³/mol. The van der Waals surface area contributed by atoms with Gasteiger partial charge in [0.15, 0.2) is 5.96 Å². The van der Waals surface area contributed by atoms with Gasteiger partial charge < -0.3 is 15.4 Å². The normalized spacial score (nSPS) is 21.1. The molecule has 1 aliphatic carbocycles. The van der Waals surface area contributed by atoms with Gasteiger partial charge in [0.1, 0.15) is 12.4 Å². The van der Waals surface area contributed by atoms with E-state index in [1.165, 1.54) is 6.42 Å². The van der Waals surface area contributed by atoms with E-state index in [1.54, 1.807) is 25.2 Å². The SMILES string of the molecule is CN=C(NCc1cccc(OCC(F)F)c1)NC1CCC(SC)C1. The van der Waals surface area contributed by atoms with Crippen molar-refractivity contribution < 1.29 is 13.5 Å². The van der Waals surface area contributed by atoms with Crippen LogP contribution in [0.1, 0.15) is 24.8 Å². The number of halogens is 2. The van der Waals surface area contributed by atoms with Crippen molar-refractivity contribution in [3.8, 4) is 5.75 Å². The number of thioether (sulfide) groups is 1. The summed E-state index contributed by atoms with van der Waals surface area (Å²) < 4.78 is 29.5. The zero-order chi connectivity index (χ0) is 17.4. The number of hydrogen-bond donors (Lipinski definition) is 2. The molecule has 1 fully saturated rings. The fourth-order valence-electron chi connectivity index (χ4n) is 2.76. The molecule has 0 aliphatic heterocycles. The van der Waals surface area contributed by atoms with E-state index in [0.29, 0.717) is 18.3 Å². The largest absolute Gasteiger partial charge is 0.488 e. The van der Waals surface area contributed by atoms with Crippen LogP contribution < -0.4 is 15.4 Å². The lowest BCUT2D eigenvalue weighted by atomic mass is 10.2. The summed E-state index contributed by atoms with van der Waals surface area (Å²) in [6.07, 6.45) is 3.23. The van der Waals surface area contributed by atoms with E-state index in [9.17, 15) is 8.78 Å². The molecule has 7 heteroatoms. The Kier molecular flexibility index (Phi) is 7.62. The van der Waals surface area contributed by atoms with Crippen molar-refractivity contribution in [1.29, 1.82) is 0 Å². The van der Waals surface area contributed by atoms with Gasteiger partial charge in [0.2, 0.25) is 0 Å². The van der Waals surface area contributed by atoms with Gasteiger partial charge in [-0.1, -0.05) is 12.1 Å². The summed E-state index contributed by atoms with van der Waals surface area (Å²) >= 11 is 1.92. The molecule has 0 aromatic heterocycles. The second-order valence-electron chi connectivity index (χ2n) is 5.79. The molecule has 0 saturated heterocycles. The van der Waals surface area contributed by atoms with E-state index in [4.69, 9.17) is 4.74 Å². The maximum atomic E-state index is 12.2. The van der Waals surface area contributed by atoms with Crippen LogP contribution in [0.3, 0.4) is 0 Å². The van der Waals surface area contributed by atoms with Gasteiger partial charge in [-0.15, -0.1) is 0 Å². The van der Waals surface area contributed by atoms with Crippen molar-refractivity contribution in [2.75, 3.05) is 19.9 Å². The van der Waals surface area contributed by atoms with Crippen molar-refractivity contribution >= 4 is 17.7 Å². The van der Waals surface area contributed by atoms with Gasteiger partial charge >= 0.3 is 0 Å². The minimum atomic E-state index is -2.47. The Morgan fingerprint density at radius 3 is 2.92 bits per heavy atom. The van der Waals surface area contributed by atoms with Crippen LogP contribution in [0.4, 0.5) is 8.78 Å². The average Bonchev–Trinajstić information content (AvgIpc) is 3.04. The van der Waals surface area contributed by atoms with Gasteiger partial charge in [0.25, 0.3) is 6.43 Å². The number of benzene rings is 1. The van der Waals surface area contributed by atoms with Crippen LogP contribution in [0.15, 0.2) is 29.3 Å². The fraction of sp³-hybridized carbons (Fsp3) is 0.588. The van der Waals surface area contributed by atoms with Gasteiger partial charge in [-0.3, -0.25) is 4.99 Å². The van der Waals surface area contributed by atoms with E-state index >= 15 is 0 Å². The molecule has 1 saturated carbocycles. The third-order valence-corrected chi connectivity index (χ3v) is 5.11. The van der Waals surface area contributed by atoms with Crippen molar-refractivity contribution in [1.82, 2.24) is 10.6 Å². The van der Waals surface area contributed by atoms with Gasteiger partial charge in [0, 0.05) is 24.9 Å². The molecule has 0 bridgehead atoms. The first-order valence-electron chi connectivity index (χ1n) is 8.10. The molecule has 4 nitrogen and oxygen atoms in total. The van der Waals surface area contributed by atoms with Crippen molar-refractivity contribution in [2.24, 2.45) is 4.99 Å². The van der Waals surface area contributed by atoms with Gasteiger partial charge in [-0.2, -0.15) is 11.8 Å². The number of hydrogen-bond acceptors (Lipinski definition) is 3. The van der Waals surface area contributed by atoms with Crippen LogP contribution in [0.25, 0.3) is 0 Å². The minimum Gasteiger partial charge on any atom is -0.488 e. The maximum absolute atomic E-state index is 12.2. The molecule has 2 rings (SSSR count). The number of ether oxygens (including phenoxy) is 1. The Hall–Kier alpha value is -1.50. The van der Waals surface area contributed by atoms with Crippen LogP contribution in [0, 0.1) is 0 Å². The van der Waals surface area contributed by atoms with Gasteiger partial charge in [-0.25, -0.2) is 8.78 Å². The van der Waals surface area contributed by atoms with Gasteiger partial charge in [-0.05, 0) is 43.2 Å². The van der Waals surface area contributed by atoms with Crippen LogP contribution >= 0.6 is 11.8 Å². The molecule has 0 spiro atoms. The lowest BCUT2D eigenvalue weighted by Gasteiger charge is -2.17. The van der Waals surface area contributed by atoms with E-state index < -0.39 is 13.0 Å². The summed E-state index contributed by atoms with van der Waals surface area (Å²) in [5, 5.41) is 7.44. The van der Waals surface area contributed by atoms with Crippen LogP contribution in [0.5, 0.6) is 5.75 Å². The predicted octanol–water partition coefficient (Wildman–Crippen LogP) is 3.28. The number of alkyl halides is 2. The smallest absolute Gasteiger partial charge is 0.272 e. The molecular formula is C17H25F2N3OS. The number of aliphatic imine (C=N–C) groups is 1. The first-order valence-corrected chi connectivity index (χ1v) is 9.39. The summed E-state index contributed by atoms with van der Waals surface area (Å²) in [5.41, 5.74) is 0.957. The third-order valence-electron chi connectivity index (χ3n) is 4.02. The van der Waals surface area contributed by atoms with E-state index in [0.717, 1.165) is 29.6 Å². The third kappa shape index (κ3) is 6.19. The highest BCUT2D eigenvalue weighted by Crippen LogP contribution is 2.28. The quantitative estimate of drug-likeness (QED) is 0.581. The topological polar surface area (TPSA) is 45.7 Å². The molecule has 1 aromatic carbocycles. The second-order valence-corrected chi connectivity index (χ2v) is 6.93. The fourth-order valence-corrected chi connectivity index (χ4v) is 3.56. The highest BCUT2D eigenvalue weighted by Gasteiger charge is 2.24. The van der Waals surface area contributed by atoms with Crippen LogP contribution in [0.2, 0.25) is 0 Å². The van der Waals surface area contributed by atoms with Crippen molar-refractivity contribution in [2.45, 2.75) is 43.5 Å². The molecule has 0 radical (unpaired) electrons. The first-order chi connectivity index (χ1) is 11.6. The molecule has 1 aromatic rings. The maximum Gasteiger partial charge on any atom is 0.272 e. The summed E-state index contributed by atoms with van der Waals surface area (Å²) in [4.78, 5) is 4.26. The molecule has 0 heterocycles. The highest BCUT2D eigenvalue weighted by atomic mass is 32.2. The van der Waals surface area contributed by atoms with E-state index in [1.807, 2.05) is 17.8 Å². The molecule has 1 aliphatic rings. The number of guanidine groups is 1. The summed E-state index contributed by atoms with van der Waals surface area (Å²) in [6, 6.07) is 7.62. The minimum absolute atomic E-state index is 0.453. The highest BCUT2D eigenvalue weighted by molar-refractivity contribution is 7.99. The van der Waals surface area contributed by atoms with Gasteiger partial charge in [0.05, 0.1) is 0 Å². The summed E-state index contributed by atoms with van der Waals surface area (Å²) in [7, 11) is 1.75. The Bertz CT molecular complexity index is 542.